The normalized spacial score (nSPS) is 23.6. The zero-order valence-electron chi connectivity index (χ0n) is 9.52. The Hall–Kier alpha value is -1.41. The molecule has 1 N–H and O–H groups in total. The molecule has 1 aromatic rings. The largest absolute Gasteiger partial charge is 0.301 e. The van der Waals surface area contributed by atoms with E-state index in [0.717, 1.165) is 18.4 Å². The molecule has 1 aliphatic rings. The Morgan fingerprint density at radius 3 is 2.81 bits per heavy atom. The molecule has 0 amide bonds. The van der Waals surface area contributed by atoms with Crippen LogP contribution in [0, 0.1) is 0 Å². The lowest BCUT2D eigenvalue weighted by Gasteiger charge is -1.97. The van der Waals surface area contributed by atoms with Crippen molar-refractivity contribution in [2.45, 2.75) is 31.8 Å². The highest BCUT2D eigenvalue weighted by Gasteiger charge is 2.41. The summed E-state index contributed by atoms with van der Waals surface area (Å²) in [7, 11) is 0. The van der Waals surface area contributed by atoms with Gasteiger partial charge in [0.2, 0.25) is 0 Å². The fourth-order valence-electron chi connectivity index (χ4n) is 1.91. The third-order valence-electron chi connectivity index (χ3n) is 2.91. The predicted molar refractivity (Wildman–Crippen MR) is 65.5 cm³/mol. The monoisotopic (exact) mass is 215 g/mol. The summed E-state index contributed by atoms with van der Waals surface area (Å²) in [5, 5.41) is 3.24. The van der Waals surface area contributed by atoms with E-state index in [9.17, 15) is 4.79 Å². The van der Waals surface area contributed by atoms with E-state index in [0.29, 0.717) is 6.04 Å². The highest BCUT2D eigenvalue weighted by atomic mass is 16.1. The van der Waals surface area contributed by atoms with Crippen LogP contribution in [0.3, 0.4) is 0 Å². The number of carbonyl (C=O) groups excluding carboxylic acids is 1. The second-order valence-electron chi connectivity index (χ2n) is 4.13. The summed E-state index contributed by atoms with van der Waals surface area (Å²) in [6.45, 7) is 2.02. The van der Waals surface area contributed by atoms with Gasteiger partial charge in [-0.2, -0.15) is 0 Å². The molecular formula is C14H17NO. The number of hydrogen-bond acceptors (Lipinski definition) is 2. The van der Waals surface area contributed by atoms with Crippen molar-refractivity contribution in [1.29, 1.82) is 0 Å². The van der Waals surface area contributed by atoms with Crippen molar-refractivity contribution in [2.75, 3.05) is 0 Å². The number of Topliss-reactive ketones (excluding diaryl/α,β-unsaturated/α-hetero) is 1. The second kappa shape index (κ2) is 5.08. The highest BCUT2D eigenvalue weighted by molar-refractivity contribution is 6.02. The molecule has 2 atom stereocenters. The van der Waals surface area contributed by atoms with Gasteiger partial charge in [-0.15, -0.1) is 0 Å². The van der Waals surface area contributed by atoms with Gasteiger partial charge in [0.15, 0.2) is 5.78 Å². The number of nitrogens with one attached hydrogen (secondary N) is 1. The van der Waals surface area contributed by atoms with E-state index >= 15 is 0 Å². The maximum atomic E-state index is 12.0. The third kappa shape index (κ3) is 2.58. The van der Waals surface area contributed by atoms with E-state index in [2.05, 4.69) is 17.5 Å². The van der Waals surface area contributed by atoms with Crippen LogP contribution in [0.25, 0.3) is 0 Å². The van der Waals surface area contributed by atoms with Crippen molar-refractivity contribution in [2.24, 2.45) is 0 Å². The Balaban J connectivity index is 1.85. The molecule has 0 unspecified atom stereocenters. The van der Waals surface area contributed by atoms with Crippen LogP contribution in [0.5, 0.6) is 0 Å². The molecule has 1 aromatic carbocycles. The topological polar surface area (TPSA) is 39.0 Å². The standard InChI is InChI=1S/C14H17NO/c1-2-3-5-10-12-13(15-12)14(16)11-8-6-4-7-9-11/h2-4,6-9,12-13,15H,5,10H2,1H3/b3-2+/t12-,13+/m0/s1. The number of rotatable bonds is 5. The number of benzene rings is 1. The van der Waals surface area contributed by atoms with Gasteiger partial charge in [-0.3, -0.25) is 4.79 Å². The van der Waals surface area contributed by atoms with Gasteiger partial charge >= 0.3 is 0 Å². The minimum absolute atomic E-state index is 0.0488. The van der Waals surface area contributed by atoms with Gasteiger partial charge in [0.25, 0.3) is 0 Å². The average molecular weight is 215 g/mol. The quantitative estimate of drug-likeness (QED) is 0.466. The number of ketones is 1. The Morgan fingerprint density at radius 1 is 1.38 bits per heavy atom. The summed E-state index contributed by atoms with van der Waals surface area (Å²) in [5.41, 5.74) is 0.813. The minimum Gasteiger partial charge on any atom is -0.301 e. The molecule has 0 radical (unpaired) electrons. The SMILES string of the molecule is C/C=C/CC[C@@H]1N[C@H]1C(=O)c1ccccc1. The lowest BCUT2D eigenvalue weighted by Crippen LogP contribution is -2.11. The number of allylic oxidation sites excluding steroid dienone is 2. The van der Waals surface area contributed by atoms with Gasteiger partial charge in [0.05, 0.1) is 6.04 Å². The van der Waals surface area contributed by atoms with E-state index in [4.69, 9.17) is 0 Å². The molecule has 0 bridgehead atoms. The van der Waals surface area contributed by atoms with Crippen LogP contribution in [-0.2, 0) is 0 Å². The molecule has 0 saturated carbocycles. The molecular weight excluding hydrogens is 198 g/mol. The highest BCUT2D eigenvalue weighted by Crippen LogP contribution is 2.21. The van der Waals surface area contributed by atoms with Crippen LogP contribution >= 0.6 is 0 Å². The molecule has 2 nitrogen and oxygen atoms in total. The van der Waals surface area contributed by atoms with Crippen LogP contribution in [-0.4, -0.2) is 17.9 Å². The smallest absolute Gasteiger partial charge is 0.181 e. The van der Waals surface area contributed by atoms with Gasteiger partial charge < -0.3 is 5.32 Å². The van der Waals surface area contributed by atoms with Crippen LogP contribution in [0.1, 0.15) is 30.1 Å². The van der Waals surface area contributed by atoms with E-state index in [1.165, 1.54) is 0 Å². The van der Waals surface area contributed by atoms with Crippen molar-refractivity contribution < 1.29 is 4.79 Å². The van der Waals surface area contributed by atoms with Crippen LogP contribution in [0.15, 0.2) is 42.5 Å². The summed E-state index contributed by atoms with van der Waals surface area (Å²) < 4.78 is 0. The Kier molecular flexibility index (Phi) is 3.52. The van der Waals surface area contributed by atoms with Gasteiger partial charge in [0.1, 0.15) is 0 Å². The van der Waals surface area contributed by atoms with E-state index in [-0.39, 0.29) is 11.8 Å². The fraction of sp³-hybridized carbons (Fsp3) is 0.357. The summed E-state index contributed by atoms with van der Waals surface area (Å²) >= 11 is 0. The number of hydrogen-bond donors (Lipinski definition) is 1. The molecule has 16 heavy (non-hydrogen) atoms. The Morgan fingerprint density at radius 2 is 2.12 bits per heavy atom. The lowest BCUT2D eigenvalue weighted by molar-refractivity contribution is 0.0988. The average Bonchev–Trinajstić information content (AvgIpc) is 3.09. The molecule has 84 valence electrons. The Bertz CT molecular complexity index is 383. The maximum Gasteiger partial charge on any atom is 0.181 e. The third-order valence-corrected chi connectivity index (χ3v) is 2.91. The first-order valence-electron chi connectivity index (χ1n) is 5.79. The lowest BCUT2D eigenvalue weighted by atomic mass is 10.0. The maximum absolute atomic E-state index is 12.0. The molecule has 0 spiro atoms. The van der Waals surface area contributed by atoms with Crippen LogP contribution in [0.2, 0.25) is 0 Å². The summed E-state index contributed by atoms with van der Waals surface area (Å²) in [6.07, 6.45) is 6.29. The molecule has 1 aliphatic heterocycles. The van der Waals surface area contributed by atoms with Crippen molar-refractivity contribution >= 4 is 5.78 Å². The van der Waals surface area contributed by atoms with Crippen LogP contribution in [0.4, 0.5) is 0 Å². The van der Waals surface area contributed by atoms with E-state index < -0.39 is 0 Å². The number of carbonyl (C=O) groups is 1. The van der Waals surface area contributed by atoms with Gasteiger partial charge in [-0.1, -0.05) is 42.5 Å². The Labute approximate surface area is 96.4 Å². The van der Waals surface area contributed by atoms with Crippen molar-refractivity contribution in [1.82, 2.24) is 5.32 Å². The molecule has 1 fully saturated rings. The molecule has 1 saturated heterocycles. The summed E-state index contributed by atoms with van der Waals surface area (Å²) in [4.78, 5) is 12.0. The molecule has 0 aromatic heterocycles. The first-order valence-corrected chi connectivity index (χ1v) is 5.79. The molecule has 2 heteroatoms. The summed E-state index contributed by atoms with van der Waals surface area (Å²) in [6, 6.07) is 9.93. The molecule has 2 rings (SSSR count). The molecule has 1 heterocycles. The molecule has 0 aliphatic carbocycles. The summed E-state index contributed by atoms with van der Waals surface area (Å²) in [5.74, 6) is 0.228. The van der Waals surface area contributed by atoms with E-state index in [1.807, 2.05) is 37.3 Å². The van der Waals surface area contributed by atoms with Crippen molar-refractivity contribution in [3.05, 3.63) is 48.0 Å². The minimum atomic E-state index is 0.0488. The zero-order chi connectivity index (χ0) is 11.4. The van der Waals surface area contributed by atoms with E-state index in [1.54, 1.807) is 0 Å². The van der Waals surface area contributed by atoms with Gasteiger partial charge in [-0.05, 0) is 19.8 Å². The first kappa shape index (κ1) is 11.1. The van der Waals surface area contributed by atoms with Gasteiger partial charge in [-0.25, -0.2) is 0 Å². The van der Waals surface area contributed by atoms with Crippen LogP contribution < -0.4 is 5.32 Å². The second-order valence-corrected chi connectivity index (χ2v) is 4.13. The van der Waals surface area contributed by atoms with Crippen molar-refractivity contribution in [3.8, 4) is 0 Å². The predicted octanol–water partition coefficient (Wildman–Crippen LogP) is 2.57. The zero-order valence-corrected chi connectivity index (χ0v) is 9.52. The van der Waals surface area contributed by atoms with Gasteiger partial charge in [0, 0.05) is 11.6 Å². The fourth-order valence-corrected chi connectivity index (χ4v) is 1.91. The first-order chi connectivity index (χ1) is 7.83. The van der Waals surface area contributed by atoms with Crippen molar-refractivity contribution in [3.63, 3.8) is 0 Å².